The van der Waals surface area contributed by atoms with Crippen molar-refractivity contribution in [3.63, 3.8) is 0 Å². The summed E-state index contributed by atoms with van der Waals surface area (Å²) in [4.78, 5) is -0.946. The van der Waals surface area contributed by atoms with Gasteiger partial charge < -0.3 is 0 Å². The van der Waals surface area contributed by atoms with Crippen molar-refractivity contribution in [3.05, 3.63) is 117 Å². The van der Waals surface area contributed by atoms with E-state index in [0.717, 1.165) is 23.3 Å². The van der Waals surface area contributed by atoms with Crippen LogP contribution in [-0.2, 0) is 20.2 Å². The van der Waals surface area contributed by atoms with Crippen LogP contribution in [0.3, 0.4) is 0 Å². The van der Waals surface area contributed by atoms with Gasteiger partial charge in [-0.1, -0.05) is 108 Å². The maximum Gasteiger partial charge on any atom is 0.294 e. The molecule has 6 nitrogen and oxygen atoms in total. The van der Waals surface area contributed by atoms with Crippen LogP contribution in [0.4, 0.5) is 0 Å². The molecule has 2 N–H and O–H groups in total. The van der Waals surface area contributed by atoms with Crippen molar-refractivity contribution in [2.45, 2.75) is 9.79 Å². The number of hydrogen-bond acceptors (Lipinski definition) is 4. The van der Waals surface area contributed by atoms with Crippen molar-refractivity contribution in [2.75, 3.05) is 0 Å². The lowest BCUT2D eigenvalue weighted by Crippen LogP contribution is -2.02. The lowest BCUT2D eigenvalue weighted by atomic mass is 9.99. The van der Waals surface area contributed by atoms with E-state index < -0.39 is 30.0 Å². The van der Waals surface area contributed by atoms with Gasteiger partial charge in [-0.2, -0.15) is 16.8 Å². The zero-order valence-corrected chi connectivity index (χ0v) is 22.6. The van der Waals surface area contributed by atoms with Crippen molar-refractivity contribution in [1.29, 1.82) is 0 Å². The van der Waals surface area contributed by atoms with E-state index in [2.05, 4.69) is 0 Å². The Morgan fingerprint density at radius 1 is 0.526 bits per heavy atom. The summed E-state index contributed by atoms with van der Waals surface area (Å²) in [5, 5.41) is 0.105. The van der Waals surface area contributed by atoms with Gasteiger partial charge in [0.2, 0.25) is 0 Å². The Balaban J connectivity index is 1.96. The van der Waals surface area contributed by atoms with E-state index in [1.165, 1.54) is 12.1 Å². The molecule has 0 radical (unpaired) electrons. The highest BCUT2D eigenvalue weighted by molar-refractivity contribution is 7.86. The minimum absolute atomic E-state index is 0.0411. The van der Waals surface area contributed by atoms with Crippen molar-refractivity contribution >= 4 is 67.7 Å². The summed E-state index contributed by atoms with van der Waals surface area (Å²) in [6, 6.07) is 22.9. The minimum Gasteiger partial charge on any atom is -0.282 e. The van der Waals surface area contributed by atoms with Crippen molar-refractivity contribution < 1.29 is 25.9 Å². The molecule has 0 spiro atoms. The van der Waals surface area contributed by atoms with Crippen LogP contribution in [0.2, 0.25) is 10.0 Å². The quantitative estimate of drug-likeness (QED) is 0.171. The Morgan fingerprint density at radius 2 is 0.868 bits per heavy atom. The molecule has 0 aliphatic rings. The van der Waals surface area contributed by atoms with Crippen LogP contribution in [0, 0.1) is 0 Å². The predicted octanol–water partition coefficient (Wildman–Crippen LogP) is 7.49. The molecule has 10 heteroatoms. The standard InChI is InChI=1S/C28H20Cl2O6S2/c29-27-21(13-11-19-7-3-1-4-8-19)15-23(37(31,32)33)17-25(27)26-18-24(38(34,35)36)16-22(28(26)30)14-12-20-9-5-2-6-10-20/h1-18H,(H,31,32,33)(H,34,35,36)/b13-11+,14-12+. The first-order valence-corrected chi connectivity index (χ1v) is 14.7. The normalized spacial score (nSPS) is 12.4. The minimum atomic E-state index is -4.68. The average Bonchev–Trinajstić information content (AvgIpc) is 2.87. The lowest BCUT2D eigenvalue weighted by molar-refractivity contribution is 0.481. The summed E-state index contributed by atoms with van der Waals surface area (Å²) in [6.45, 7) is 0. The molecule has 0 aliphatic carbocycles. The molecular weight excluding hydrogens is 567 g/mol. The second kappa shape index (κ2) is 11.2. The SMILES string of the molecule is O=S(=O)(O)c1cc(/C=C/c2ccccc2)c(Cl)c(-c2cc(S(=O)(=O)O)cc(/C=C/c3ccccc3)c2Cl)c1. The highest BCUT2D eigenvalue weighted by Crippen LogP contribution is 2.41. The fraction of sp³-hybridized carbons (Fsp3) is 0. The van der Waals surface area contributed by atoms with E-state index >= 15 is 0 Å². The van der Waals surface area contributed by atoms with Crippen LogP contribution in [-0.4, -0.2) is 25.9 Å². The van der Waals surface area contributed by atoms with Gasteiger partial charge in [-0.15, -0.1) is 0 Å². The van der Waals surface area contributed by atoms with Crippen LogP contribution in [0.25, 0.3) is 35.4 Å². The first kappa shape index (κ1) is 27.8. The molecule has 194 valence electrons. The lowest BCUT2D eigenvalue weighted by Gasteiger charge is -2.14. The Bertz CT molecular complexity index is 1630. The highest BCUT2D eigenvalue weighted by atomic mass is 35.5. The molecule has 0 unspecified atom stereocenters. The first-order chi connectivity index (χ1) is 17.9. The zero-order chi connectivity index (χ0) is 27.5. The van der Waals surface area contributed by atoms with Gasteiger partial charge in [0.05, 0.1) is 19.8 Å². The molecule has 0 fully saturated rings. The molecule has 0 aliphatic heterocycles. The monoisotopic (exact) mass is 586 g/mol. The number of halogens is 2. The second-order valence-corrected chi connectivity index (χ2v) is 11.8. The van der Waals surface area contributed by atoms with Gasteiger partial charge >= 0.3 is 0 Å². The summed E-state index contributed by atoms with van der Waals surface area (Å²) >= 11 is 13.4. The molecule has 0 saturated carbocycles. The van der Waals surface area contributed by atoms with Gasteiger partial charge in [0.25, 0.3) is 20.2 Å². The molecule has 4 rings (SSSR count). The van der Waals surface area contributed by atoms with Crippen LogP contribution in [0.1, 0.15) is 22.3 Å². The Kier molecular flexibility index (Phi) is 8.22. The molecule has 0 saturated heterocycles. The smallest absolute Gasteiger partial charge is 0.282 e. The maximum absolute atomic E-state index is 12.1. The Hall–Kier alpha value is -3.24. The van der Waals surface area contributed by atoms with E-state index in [1.807, 2.05) is 60.7 Å². The summed E-state index contributed by atoms with van der Waals surface area (Å²) in [7, 11) is -9.36. The van der Waals surface area contributed by atoms with Gasteiger partial charge in [0.1, 0.15) is 0 Å². The molecule has 0 atom stereocenters. The molecular formula is C28H20Cl2O6S2. The van der Waals surface area contributed by atoms with Crippen LogP contribution >= 0.6 is 23.2 Å². The molecule has 38 heavy (non-hydrogen) atoms. The second-order valence-electron chi connectivity index (χ2n) is 8.19. The van der Waals surface area contributed by atoms with Gasteiger partial charge in [-0.25, -0.2) is 0 Å². The largest absolute Gasteiger partial charge is 0.294 e. The van der Waals surface area contributed by atoms with E-state index in [9.17, 15) is 25.9 Å². The highest BCUT2D eigenvalue weighted by Gasteiger charge is 2.22. The fourth-order valence-electron chi connectivity index (χ4n) is 3.67. The average molecular weight is 588 g/mol. The van der Waals surface area contributed by atoms with E-state index in [0.29, 0.717) is 0 Å². The first-order valence-electron chi connectivity index (χ1n) is 11.0. The molecule has 4 aromatic carbocycles. The van der Waals surface area contributed by atoms with Gasteiger partial charge in [-0.3, -0.25) is 9.11 Å². The summed E-state index contributed by atoms with van der Waals surface area (Å²) in [5.41, 5.74) is 2.16. The van der Waals surface area contributed by atoms with Gasteiger partial charge in [0.15, 0.2) is 0 Å². The maximum atomic E-state index is 12.1. The Labute approximate surface area is 231 Å². The van der Waals surface area contributed by atoms with Crippen LogP contribution < -0.4 is 0 Å². The zero-order valence-electron chi connectivity index (χ0n) is 19.5. The van der Waals surface area contributed by atoms with Crippen molar-refractivity contribution in [3.8, 4) is 11.1 Å². The van der Waals surface area contributed by atoms with Crippen LogP contribution in [0.5, 0.6) is 0 Å². The fourth-order valence-corrected chi connectivity index (χ4v) is 5.30. The van der Waals surface area contributed by atoms with E-state index in [-0.39, 0.29) is 32.3 Å². The molecule has 0 heterocycles. The van der Waals surface area contributed by atoms with Crippen molar-refractivity contribution in [1.82, 2.24) is 0 Å². The summed E-state index contributed by atoms with van der Waals surface area (Å²) in [6.07, 6.45) is 6.52. The van der Waals surface area contributed by atoms with Crippen molar-refractivity contribution in [2.24, 2.45) is 0 Å². The molecule has 0 amide bonds. The third kappa shape index (κ3) is 6.60. The van der Waals surface area contributed by atoms with E-state index in [1.54, 1.807) is 24.3 Å². The summed E-state index contributed by atoms with van der Waals surface area (Å²) < 4.78 is 68.0. The number of benzene rings is 4. The third-order valence-corrected chi connectivity index (χ3v) is 8.05. The van der Waals surface area contributed by atoms with Crippen LogP contribution in [0.15, 0.2) is 94.7 Å². The topological polar surface area (TPSA) is 109 Å². The third-order valence-electron chi connectivity index (χ3n) is 5.54. The predicted molar refractivity (Wildman–Crippen MR) is 152 cm³/mol. The molecule has 4 aromatic rings. The number of rotatable bonds is 7. The summed E-state index contributed by atoms with van der Waals surface area (Å²) in [5.74, 6) is 0. The Morgan fingerprint density at radius 3 is 1.18 bits per heavy atom. The molecule has 0 bridgehead atoms. The van der Waals surface area contributed by atoms with Gasteiger partial charge in [-0.05, 0) is 46.5 Å². The van der Waals surface area contributed by atoms with E-state index in [4.69, 9.17) is 23.2 Å². The number of hydrogen-bond donors (Lipinski definition) is 2. The van der Waals surface area contributed by atoms with Gasteiger partial charge in [0, 0.05) is 11.1 Å². The molecule has 0 aromatic heterocycles.